The molecule has 0 radical (unpaired) electrons. The molecule has 3 nitrogen and oxygen atoms in total. The van der Waals surface area contributed by atoms with E-state index < -0.39 is 0 Å². The second-order valence-electron chi connectivity index (χ2n) is 4.26. The second kappa shape index (κ2) is 6.92. The molecule has 0 aromatic heterocycles. The molecule has 0 saturated carbocycles. The fourth-order valence-corrected chi connectivity index (χ4v) is 3.09. The van der Waals surface area contributed by atoms with Gasteiger partial charge in [0.1, 0.15) is 0 Å². The van der Waals surface area contributed by atoms with E-state index in [1.54, 1.807) is 11.8 Å². The highest BCUT2D eigenvalue weighted by Gasteiger charge is 2.04. The predicted octanol–water partition coefficient (Wildman–Crippen LogP) is 4.02. The lowest BCUT2D eigenvalue weighted by Crippen LogP contribution is -2.05. The Labute approximate surface area is 131 Å². The first-order valence-electron chi connectivity index (χ1n) is 6.12. The molecule has 0 saturated heterocycles. The van der Waals surface area contributed by atoms with Gasteiger partial charge in [-0.15, -0.1) is 0 Å². The summed E-state index contributed by atoms with van der Waals surface area (Å²) in [6.07, 6.45) is 0. The predicted molar refractivity (Wildman–Crippen MR) is 86.9 cm³/mol. The first-order chi connectivity index (χ1) is 9.58. The van der Waals surface area contributed by atoms with Crippen molar-refractivity contribution in [2.24, 2.45) is 5.73 Å². The number of hydrogen-bond donors (Lipinski definition) is 2. The minimum absolute atomic E-state index is 0.0660. The van der Waals surface area contributed by atoms with Crippen molar-refractivity contribution in [3.63, 3.8) is 0 Å². The number of hydrogen-bond acceptors (Lipinski definition) is 3. The van der Waals surface area contributed by atoms with Gasteiger partial charge in [0.2, 0.25) is 5.91 Å². The molecule has 2 rings (SSSR count). The van der Waals surface area contributed by atoms with Crippen LogP contribution >= 0.6 is 27.7 Å². The monoisotopic (exact) mass is 350 g/mol. The van der Waals surface area contributed by atoms with E-state index in [4.69, 9.17) is 5.73 Å². The molecule has 2 aromatic carbocycles. The maximum absolute atomic E-state index is 11.0. The number of carbonyl (C=O) groups excluding carboxylic acids is 1. The molecular weight excluding hydrogens is 336 g/mol. The van der Waals surface area contributed by atoms with Crippen LogP contribution in [0.15, 0.2) is 56.7 Å². The Balaban J connectivity index is 2.16. The van der Waals surface area contributed by atoms with E-state index in [1.807, 2.05) is 36.4 Å². The Morgan fingerprint density at radius 3 is 2.55 bits per heavy atom. The van der Waals surface area contributed by atoms with Gasteiger partial charge in [0.05, 0.1) is 0 Å². The van der Waals surface area contributed by atoms with Gasteiger partial charge in [-0.25, -0.2) is 0 Å². The van der Waals surface area contributed by atoms with Gasteiger partial charge in [0.25, 0.3) is 0 Å². The highest BCUT2D eigenvalue weighted by Crippen LogP contribution is 2.32. The van der Waals surface area contributed by atoms with Crippen molar-refractivity contribution in [1.82, 2.24) is 0 Å². The summed E-state index contributed by atoms with van der Waals surface area (Å²) >= 11 is 5.11. The minimum Gasteiger partial charge on any atom is -0.326 e. The molecule has 0 aliphatic heterocycles. The van der Waals surface area contributed by atoms with Crippen LogP contribution < -0.4 is 11.1 Å². The number of anilines is 1. The normalized spacial score (nSPS) is 10.3. The fourth-order valence-electron chi connectivity index (χ4n) is 1.74. The molecule has 0 aliphatic rings. The van der Waals surface area contributed by atoms with Crippen molar-refractivity contribution in [3.05, 3.63) is 52.5 Å². The van der Waals surface area contributed by atoms with Gasteiger partial charge >= 0.3 is 0 Å². The lowest BCUT2D eigenvalue weighted by atomic mass is 10.2. The Morgan fingerprint density at radius 2 is 1.95 bits per heavy atom. The van der Waals surface area contributed by atoms with Gasteiger partial charge in [-0.2, -0.15) is 0 Å². The molecule has 3 N–H and O–H groups in total. The van der Waals surface area contributed by atoms with E-state index in [0.717, 1.165) is 25.5 Å². The molecule has 0 heterocycles. The van der Waals surface area contributed by atoms with Crippen LogP contribution in [0.4, 0.5) is 5.69 Å². The standard InChI is InChI=1S/C15H15BrN2OS/c1-10(19)18-13-3-5-14(6-4-13)20-15-7-2-12(16)8-11(15)9-17/h2-8H,9,17H2,1H3,(H,18,19). The maximum atomic E-state index is 11.0. The summed E-state index contributed by atoms with van der Waals surface area (Å²) in [6, 6.07) is 13.9. The van der Waals surface area contributed by atoms with Crippen LogP contribution in [0.5, 0.6) is 0 Å². The van der Waals surface area contributed by atoms with Crippen LogP contribution in [0, 0.1) is 0 Å². The summed E-state index contributed by atoms with van der Waals surface area (Å²) in [5.41, 5.74) is 7.68. The largest absolute Gasteiger partial charge is 0.326 e. The highest BCUT2D eigenvalue weighted by molar-refractivity contribution is 9.10. The van der Waals surface area contributed by atoms with Gasteiger partial charge < -0.3 is 11.1 Å². The van der Waals surface area contributed by atoms with Gasteiger partial charge in [0.15, 0.2) is 0 Å². The molecule has 0 spiro atoms. The fraction of sp³-hybridized carbons (Fsp3) is 0.133. The summed E-state index contributed by atoms with van der Waals surface area (Å²) in [6.45, 7) is 2.00. The number of nitrogens with two attached hydrogens (primary N) is 1. The molecule has 0 aliphatic carbocycles. The van der Waals surface area contributed by atoms with E-state index >= 15 is 0 Å². The molecule has 20 heavy (non-hydrogen) atoms. The zero-order chi connectivity index (χ0) is 14.5. The Hall–Kier alpha value is -1.30. The van der Waals surface area contributed by atoms with Crippen molar-refractivity contribution in [1.29, 1.82) is 0 Å². The van der Waals surface area contributed by atoms with Gasteiger partial charge in [-0.1, -0.05) is 27.7 Å². The van der Waals surface area contributed by atoms with E-state index in [9.17, 15) is 4.79 Å². The highest BCUT2D eigenvalue weighted by atomic mass is 79.9. The Bertz CT molecular complexity index is 614. The van der Waals surface area contributed by atoms with Crippen LogP contribution in [0.3, 0.4) is 0 Å². The van der Waals surface area contributed by atoms with E-state index in [2.05, 4.69) is 27.3 Å². The molecular formula is C15H15BrN2OS. The van der Waals surface area contributed by atoms with Crippen LogP contribution in [0.25, 0.3) is 0 Å². The summed E-state index contributed by atoms with van der Waals surface area (Å²) in [5, 5.41) is 2.75. The number of amides is 1. The maximum Gasteiger partial charge on any atom is 0.221 e. The van der Waals surface area contributed by atoms with Crippen LogP contribution in [-0.4, -0.2) is 5.91 Å². The van der Waals surface area contributed by atoms with Crippen molar-refractivity contribution in [3.8, 4) is 0 Å². The van der Waals surface area contributed by atoms with Crippen LogP contribution in [0.1, 0.15) is 12.5 Å². The van der Waals surface area contributed by atoms with E-state index in [-0.39, 0.29) is 5.91 Å². The Kier molecular flexibility index (Phi) is 5.23. The number of carbonyl (C=O) groups is 1. The molecule has 1 amide bonds. The van der Waals surface area contributed by atoms with Gasteiger partial charge in [0, 0.05) is 33.4 Å². The summed E-state index contributed by atoms with van der Waals surface area (Å²) in [7, 11) is 0. The third kappa shape index (κ3) is 4.10. The smallest absolute Gasteiger partial charge is 0.221 e. The van der Waals surface area contributed by atoms with Crippen LogP contribution in [-0.2, 0) is 11.3 Å². The number of rotatable bonds is 4. The van der Waals surface area contributed by atoms with E-state index in [1.165, 1.54) is 6.92 Å². The molecule has 0 atom stereocenters. The van der Waals surface area contributed by atoms with Crippen molar-refractivity contribution < 1.29 is 4.79 Å². The van der Waals surface area contributed by atoms with Crippen molar-refractivity contribution >= 4 is 39.3 Å². The van der Waals surface area contributed by atoms with Crippen LogP contribution in [0.2, 0.25) is 0 Å². The first-order valence-corrected chi connectivity index (χ1v) is 7.73. The molecule has 0 bridgehead atoms. The zero-order valence-electron chi connectivity index (χ0n) is 11.0. The summed E-state index contributed by atoms with van der Waals surface area (Å²) in [5.74, 6) is -0.0660. The topological polar surface area (TPSA) is 55.1 Å². The summed E-state index contributed by atoms with van der Waals surface area (Å²) < 4.78 is 1.03. The lowest BCUT2D eigenvalue weighted by Gasteiger charge is -2.09. The van der Waals surface area contributed by atoms with Gasteiger partial charge in [-0.05, 0) is 48.0 Å². The van der Waals surface area contributed by atoms with Crippen molar-refractivity contribution in [2.45, 2.75) is 23.3 Å². The Morgan fingerprint density at radius 1 is 1.25 bits per heavy atom. The average molecular weight is 351 g/mol. The molecule has 0 fully saturated rings. The zero-order valence-corrected chi connectivity index (χ0v) is 13.4. The third-order valence-electron chi connectivity index (χ3n) is 2.64. The molecule has 5 heteroatoms. The second-order valence-corrected chi connectivity index (χ2v) is 6.29. The van der Waals surface area contributed by atoms with Crippen molar-refractivity contribution in [2.75, 3.05) is 5.32 Å². The number of halogens is 1. The number of nitrogens with one attached hydrogen (secondary N) is 1. The quantitative estimate of drug-likeness (QED) is 0.875. The third-order valence-corrected chi connectivity index (χ3v) is 4.26. The minimum atomic E-state index is -0.0660. The number of benzene rings is 2. The SMILES string of the molecule is CC(=O)Nc1ccc(Sc2ccc(Br)cc2CN)cc1. The molecule has 104 valence electrons. The molecule has 0 unspecified atom stereocenters. The first kappa shape index (κ1) is 15.1. The van der Waals surface area contributed by atoms with E-state index in [0.29, 0.717) is 6.54 Å². The summed E-state index contributed by atoms with van der Waals surface area (Å²) in [4.78, 5) is 13.2. The van der Waals surface area contributed by atoms with Gasteiger partial charge in [-0.3, -0.25) is 4.79 Å². The molecule has 2 aromatic rings. The lowest BCUT2D eigenvalue weighted by molar-refractivity contribution is -0.114. The average Bonchev–Trinajstić information content (AvgIpc) is 2.42.